The number of aryl methyl sites for hydroxylation is 1. The quantitative estimate of drug-likeness (QED) is 0.626. The van der Waals surface area contributed by atoms with Crippen LogP contribution in [0.5, 0.6) is 0 Å². The number of benzene rings is 2. The van der Waals surface area contributed by atoms with Crippen molar-refractivity contribution < 1.29 is 14.0 Å². The van der Waals surface area contributed by atoms with Gasteiger partial charge in [-0.15, -0.1) is 0 Å². The topological polar surface area (TPSA) is 53.8 Å². The van der Waals surface area contributed by atoms with Gasteiger partial charge in [0.1, 0.15) is 5.58 Å². The number of carbonyl (C=O) groups is 2. The minimum Gasteiger partial charge on any atom is -0.451 e. The van der Waals surface area contributed by atoms with E-state index in [2.05, 4.69) is 12.1 Å². The van der Waals surface area contributed by atoms with Gasteiger partial charge in [-0.1, -0.05) is 41.9 Å². The van der Waals surface area contributed by atoms with Gasteiger partial charge >= 0.3 is 0 Å². The van der Waals surface area contributed by atoms with Crippen molar-refractivity contribution in [1.82, 2.24) is 9.80 Å². The molecule has 1 aromatic heterocycles. The molecule has 5 nitrogen and oxygen atoms in total. The Balaban J connectivity index is 1.28. The van der Waals surface area contributed by atoms with Crippen LogP contribution in [-0.2, 0) is 11.2 Å². The minimum atomic E-state index is -0.145. The maximum atomic E-state index is 12.8. The van der Waals surface area contributed by atoms with Crippen LogP contribution in [-0.4, -0.2) is 47.8 Å². The molecule has 2 heterocycles. The smallest absolute Gasteiger partial charge is 0.289 e. The molecule has 0 unspecified atom stereocenters. The Bertz CT molecular complexity index is 1010. The van der Waals surface area contributed by atoms with Crippen molar-refractivity contribution in [2.75, 3.05) is 26.2 Å². The first-order valence-corrected chi connectivity index (χ1v) is 10.3. The molecule has 150 valence electrons. The van der Waals surface area contributed by atoms with E-state index < -0.39 is 0 Å². The highest BCUT2D eigenvalue weighted by molar-refractivity contribution is 6.31. The summed E-state index contributed by atoms with van der Waals surface area (Å²) < 4.78 is 5.68. The highest BCUT2D eigenvalue weighted by atomic mass is 35.5. The lowest BCUT2D eigenvalue weighted by Crippen LogP contribution is -2.50. The first-order chi connectivity index (χ1) is 14.1. The van der Waals surface area contributed by atoms with Gasteiger partial charge in [0.2, 0.25) is 5.91 Å². The highest BCUT2D eigenvalue weighted by Gasteiger charge is 2.26. The fourth-order valence-electron chi connectivity index (χ4n) is 3.68. The monoisotopic (exact) mass is 410 g/mol. The number of halogens is 1. The molecular weight excluding hydrogens is 388 g/mol. The molecule has 6 heteroatoms. The number of amides is 2. The van der Waals surface area contributed by atoms with Crippen LogP contribution in [0.15, 0.2) is 59.0 Å². The molecule has 0 saturated carbocycles. The molecule has 2 amide bonds. The second-order valence-corrected chi connectivity index (χ2v) is 7.74. The van der Waals surface area contributed by atoms with Gasteiger partial charge in [-0.25, -0.2) is 0 Å². The molecule has 0 atom stereocenters. The molecule has 0 bridgehead atoms. The van der Waals surface area contributed by atoms with Crippen LogP contribution in [0.4, 0.5) is 0 Å². The number of fused-ring (bicyclic) bond motifs is 1. The van der Waals surface area contributed by atoms with E-state index in [1.54, 1.807) is 29.2 Å². The Morgan fingerprint density at radius 2 is 1.66 bits per heavy atom. The van der Waals surface area contributed by atoms with Crippen LogP contribution >= 0.6 is 11.6 Å². The Hall–Kier alpha value is -2.79. The number of hydrogen-bond acceptors (Lipinski definition) is 3. The summed E-state index contributed by atoms with van der Waals surface area (Å²) in [5.74, 6) is 0.324. The second kappa shape index (κ2) is 8.70. The number of piperazine rings is 1. The van der Waals surface area contributed by atoms with E-state index in [-0.39, 0.29) is 11.8 Å². The van der Waals surface area contributed by atoms with Crippen LogP contribution in [0.2, 0.25) is 5.02 Å². The third-order valence-electron chi connectivity index (χ3n) is 5.31. The van der Waals surface area contributed by atoms with E-state index in [1.165, 1.54) is 5.56 Å². The van der Waals surface area contributed by atoms with Gasteiger partial charge in [-0.05, 0) is 42.7 Å². The molecule has 0 aliphatic carbocycles. The Morgan fingerprint density at radius 3 is 2.41 bits per heavy atom. The molecule has 1 aliphatic heterocycles. The number of carbonyl (C=O) groups excluding carboxylic acids is 2. The van der Waals surface area contributed by atoms with E-state index in [9.17, 15) is 9.59 Å². The van der Waals surface area contributed by atoms with Crippen LogP contribution in [0.1, 0.15) is 29.0 Å². The standard InChI is InChI=1S/C23H23ClN2O3/c24-19-9-10-20-18(15-19)16-21(29-20)23(28)26-13-11-25(12-14-26)22(27)8-4-7-17-5-2-1-3-6-17/h1-3,5-6,9-10,15-16H,4,7-8,11-14H2. The average molecular weight is 411 g/mol. The maximum Gasteiger partial charge on any atom is 0.289 e. The van der Waals surface area contributed by atoms with E-state index >= 15 is 0 Å². The van der Waals surface area contributed by atoms with Crippen molar-refractivity contribution in [3.63, 3.8) is 0 Å². The van der Waals surface area contributed by atoms with Crippen molar-refractivity contribution in [3.05, 3.63) is 70.9 Å². The summed E-state index contributed by atoms with van der Waals surface area (Å²) in [4.78, 5) is 28.8. The van der Waals surface area contributed by atoms with Gasteiger partial charge in [-0.2, -0.15) is 0 Å². The van der Waals surface area contributed by atoms with Crippen LogP contribution in [0, 0.1) is 0 Å². The van der Waals surface area contributed by atoms with Gasteiger partial charge < -0.3 is 14.2 Å². The summed E-state index contributed by atoms with van der Waals surface area (Å²) in [6.07, 6.45) is 2.28. The zero-order chi connectivity index (χ0) is 20.2. The number of furan rings is 1. The molecule has 0 N–H and O–H groups in total. The van der Waals surface area contributed by atoms with Crippen molar-refractivity contribution in [3.8, 4) is 0 Å². The molecule has 4 rings (SSSR count). The first kappa shape index (κ1) is 19.5. The first-order valence-electron chi connectivity index (χ1n) is 9.90. The fourth-order valence-corrected chi connectivity index (χ4v) is 3.86. The summed E-state index contributed by atoms with van der Waals surface area (Å²) in [5.41, 5.74) is 1.90. The van der Waals surface area contributed by atoms with E-state index in [4.69, 9.17) is 16.0 Å². The SMILES string of the molecule is O=C(CCCc1ccccc1)N1CCN(C(=O)c2cc3cc(Cl)ccc3o2)CC1. The van der Waals surface area contributed by atoms with Gasteiger partial charge in [0, 0.05) is 43.0 Å². The van der Waals surface area contributed by atoms with Crippen molar-refractivity contribution in [2.24, 2.45) is 0 Å². The summed E-state index contributed by atoms with van der Waals surface area (Å²) in [5, 5.41) is 1.42. The zero-order valence-corrected chi connectivity index (χ0v) is 16.9. The molecule has 0 spiro atoms. The number of nitrogens with zero attached hydrogens (tertiary/aromatic N) is 2. The second-order valence-electron chi connectivity index (χ2n) is 7.30. The molecular formula is C23H23ClN2O3. The van der Waals surface area contributed by atoms with Crippen molar-refractivity contribution in [1.29, 1.82) is 0 Å². The fraction of sp³-hybridized carbons (Fsp3) is 0.304. The molecule has 1 fully saturated rings. The molecule has 2 aromatic carbocycles. The predicted molar refractivity (Wildman–Crippen MR) is 113 cm³/mol. The van der Waals surface area contributed by atoms with Crippen LogP contribution in [0.3, 0.4) is 0 Å². The lowest BCUT2D eigenvalue weighted by molar-refractivity contribution is -0.132. The normalized spacial score (nSPS) is 14.4. The lowest BCUT2D eigenvalue weighted by Gasteiger charge is -2.34. The van der Waals surface area contributed by atoms with Crippen molar-refractivity contribution in [2.45, 2.75) is 19.3 Å². The summed E-state index contributed by atoms with van der Waals surface area (Å²) >= 11 is 6.00. The Morgan fingerprint density at radius 1 is 0.931 bits per heavy atom. The van der Waals surface area contributed by atoms with Gasteiger partial charge in [-0.3, -0.25) is 9.59 Å². The lowest BCUT2D eigenvalue weighted by atomic mass is 10.1. The van der Waals surface area contributed by atoms with E-state index in [0.29, 0.717) is 49.0 Å². The average Bonchev–Trinajstić information content (AvgIpc) is 3.17. The van der Waals surface area contributed by atoms with E-state index in [1.807, 2.05) is 23.1 Å². The largest absolute Gasteiger partial charge is 0.451 e. The molecule has 1 aliphatic rings. The molecule has 3 aromatic rings. The third kappa shape index (κ3) is 4.62. The van der Waals surface area contributed by atoms with Crippen LogP contribution in [0.25, 0.3) is 11.0 Å². The molecule has 29 heavy (non-hydrogen) atoms. The van der Waals surface area contributed by atoms with Gasteiger partial charge in [0.05, 0.1) is 0 Å². The van der Waals surface area contributed by atoms with Gasteiger partial charge in [0.25, 0.3) is 5.91 Å². The summed E-state index contributed by atoms with van der Waals surface area (Å²) in [6, 6.07) is 17.2. The highest BCUT2D eigenvalue weighted by Crippen LogP contribution is 2.24. The third-order valence-corrected chi connectivity index (χ3v) is 5.54. The van der Waals surface area contributed by atoms with Crippen molar-refractivity contribution >= 4 is 34.4 Å². The minimum absolute atomic E-state index is 0.145. The van der Waals surface area contributed by atoms with Gasteiger partial charge in [0.15, 0.2) is 5.76 Å². The number of rotatable bonds is 5. The summed E-state index contributed by atoms with van der Waals surface area (Å²) in [7, 11) is 0. The predicted octanol–water partition coefficient (Wildman–Crippen LogP) is 4.39. The van der Waals surface area contributed by atoms with E-state index in [0.717, 1.165) is 18.2 Å². The summed E-state index contributed by atoms with van der Waals surface area (Å²) in [6.45, 7) is 2.14. The molecule has 1 saturated heterocycles. The van der Waals surface area contributed by atoms with Crippen LogP contribution < -0.4 is 0 Å². The zero-order valence-electron chi connectivity index (χ0n) is 16.1. The Kier molecular flexibility index (Phi) is 5.86. The number of hydrogen-bond donors (Lipinski definition) is 0. The Labute approximate surface area is 174 Å². The molecule has 0 radical (unpaired) electrons. The maximum absolute atomic E-state index is 12.8.